The van der Waals surface area contributed by atoms with E-state index in [0.717, 1.165) is 0 Å². The van der Waals surface area contributed by atoms with Gasteiger partial charge in [-0.25, -0.2) is 0 Å². The maximum absolute atomic E-state index is 2.43. The second-order valence-corrected chi connectivity index (χ2v) is 29.6. The van der Waals surface area contributed by atoms with Gasteiger partial charge in [0.1, 0.15) is 0 Å². The number of rotatable bonds is 0. The van der Waals surface area contributed by atoms with Gasteiger partial charge in [-0.3, -0.25) is 0 Å². The van der Waals surface area contributed by atoms with E-state index in [2.05, 4.69) is 373 Å². The van der Waals surface area contributed by atoms with Crippen LogP contribution < -0.4 is 29.4 Å². The number of hydrogen-bond donors (Lipinski definition) is 0. The quantitative estimate of drug-likeness (QED) is 0.150. The van der Waals surface area contributed by atoms with Gasteiger partial charge in [-0.05, 0) is 233 Å². The molecule has 99 heavy (non-hydrogen) atoms. The number of nitrogens with zero attached hydrogens (tertiary/aromatic N) is 6. The third kappa shape index (κ3) is 8.79. The first kappa shape index (κ1) is 63.2. The molecule has 6 heteroatoms. The van der Waals surface area contributed by atoms with Crippen LogP contribution in [0.1, 0.15) is 134 Å². The van der Waals surface area contributed by atoms with Crippen molar-refractivity contribution in [2.45, 2.75) is 99.3 Å². The molecule has 0 aromatic heterocycles. The molecule has 6 aliphatic rings. The van der Waals surface area contributed by atoms with E-state index in [-0.39, 0.29) is 16.2 Å². The summed E-state index contributed by atoms with van der Waals surface area (Å²) in [4.78, 5) is 14.3. The Morgan fingerprint density at radius 1 is 0.182 bits per heavy atom. The lowest BCUT2D eigenvalue weighted by Crippen LogP contribution is -2.43. The molecule has 0 amide bonds. The van der Waals surface area contributed by atoms with E-state index in [1.54, 1.807) is 0 Å². The Labute approximate surface area is 587 Å². The van der Waals surface area contributed by atoms with Crippen molar-refractivity contribution in [1.82, 2.24) is 0 Å². The Morgan fingerprint density at radius 3 is 0.646 bits per heavy atom. The fraction of sp³-hybridized carbons (Fsp3) is 0.226. The number of aryl methyl sites for hydroxylation is 12. The van der Waals surface area contributed by atoms with Crippen molar-refractivity contribution in [2.75, 3.05) is 71.7 Å². The van der Waals surface area contributed by atoms with Crippen LogP contribution in [-0.2, 0) is 16.2 Å². The number of fused-ring (bicyclic) bond motifs is 24. The minimum Gasteiger partial charge on any atom is -0.344 e. The smallest absolute Gasteiger partial charge is 0.0787 e. The molecule has 0 unspecified atom stereocenters. The van der Waals surface area contributed by atoms with E-state index in [1.165, 1.54) is 202 Å². The summed E-state index contributed by atoms with van der Waals surface area (Å²) in [6.07, 6.45) is 0. The summed E-state index contributed by atoms with van der Waals surface area (Å²) in [6, 6.07) is 82.9. The number of hydrogen-bond acceptors (Lipinski definition) is 6. The van der Waals surface area contributed by atoms with E-state index < -0.39 is 0 Å². The van der Waals surface area contributed by atoms with Crippen molar-refractivity contribution < 1.29 is 0 Å². The van der Waals surface area contributed by atoms with Crippen LogP contribution in [0.15, 0.2) is 218 Å². The molecule has 12 aromatic rings. The van der Waals surface area contributed by atoms with Gasteiger partial charge >= 0.3 is 0 Å². The average Bonchev–Trinajstić information content (AvgIpc) is 0.682. The zero-order valence-corrected chi connectivity index (χ0v) is 61.0. The molecule has 6 heterocycles. The van der Waals surface area contributed by atoms with Gasteiger partial charge < -0.3 is 29.4 Å². The van der Waals surface area contributed by atoms with Gasteiger partial charge in [0.15, 0.2) is 0 Å². The van der Waals surface area contributed by atoms with E-state index in [4.69, 9.17) is 0 Å². The molecule has 0 radical (unpaired) electrons. The Morgan fingerprint density at radius 2 is 0.384 bits per heavy atom. The topological polar surface area (TPSA) is 19.4 Å². The van der Waals surface area contributed by atoms with Gasteiger partial charge in [-0.2, -0.15) is 0 Å². The van der Waals surface area contributed by atoms with Gasteiger partial charge in [-0.15, -0.1) is 0 Å². The molecule has 492 valence electrons. The van der Waals surface area contributed by atoms with Crippen molar-refractivity contribution in [1.29, 1.82) is 0 Å². The van der Waals surface area contributed by atoms with Gasteiger partial charge in [-0.1, -0.05) is 202 Å². The third-order valence-electron chi connectivity index (χ3n) is 23.3. The molecule has 0 atom stereocenters. The Kier molecular flexibility index (Phi) is 14.5. The second kappa shape index (κ2) is 22.8. The molecule has 0 saturated carbocycles. The zero-order chi connectivity index (χ0) is 69.2. The van der Waals surface area contributed by atoms with Crippen molar-refractivity contribution in [3.8, 4) is 0 Å². The summed E-state index contributed by atoms with van der Waals surface area (Å²) < 4.78 is 0. The van der Waals surface area contributed by atoms with Crippen LogP contribution in [0, 0.1) is 83.1 Å². The third-order valence-corrected chi connectivity index (χ3v) is 23.3. The lowest BCUT2D eigenvalue weighted by Gasteiger charge is -2.51. The largest absolute Gasteiger partial charge is 0.344 e. The van der Waals surface area contributed by atoms with E-state index in [9.17, 15) is 0 Å². The first-order chi connectivity index (χ1) is 47.5. The highest BCUT2D eigenvalue weighted by molar-refractivity contribution is 5.96. The fourth-order valence-corrected chi connectivity index (χ4v) is 18.9. The van der Waals surface area contributed by atoms with Crippen LogP contribution in [-0.4, -0.2) is 42.3 Å². The van der Waals surface area contributed by atoms with Crippen molar-refractivity contribution in [3.05, 3.63) is 352 Å². The Balaban J connectivity index is 0.000000116. The number of anilines is 12. The second-order valence-electron chi connectivity index (χ2n) is 29.6. The lowest BCUT2D eigenvalue weighted by atomic mass is 9.58. The maximum atomic E-state index is 2.43. The highest BCUT2D eigenvalue weighted by Gasteiger charge is 2.55. The SMILES string of the molecule is Cc1ccc2c(c1)C1(c3cc(C)ccc3N(C)c3c(C)cccc31)c1cccc(C)c1N2C.Cc1ccc2c(c1)C1(c3cc(C)ccc3N(C)c3cccc(C)c31)c1c(C)cccc1N2C.Cc1ccc2c(c1)C1(c3cc(C)ccc3N2C)c2cc(C)ccc2N(C)c2ccc(C)cc21. The van der Waals surface area contributed by atoms with Crippen LogP contribution in [0.25, 0.3) is 0 Å². The van der Waals surface area contributed by atoms with E-state index in [1.807, 2.05) is 0 Å². The van der Waals surface area contributed by atoms with Crippen LogP contribution in [0.2, 0.25) is 0 Å². The standard InChI is InChI=1S/3C31H30N2/c1-19-7-11-27-23(15-19)31(24-16-20(2)8-12-28(24)32(27)5)25-17-21(3)9-13-29(25)33(6)30-14-10-22(4)18-26(30)31;1-19-13-15-25-23(17-19)31(29-21(3)9-7-11-27(29)32(25)5)24-18-20(2)14-16-26(24)33(6)28-12-8-10-22(4)30(28)31;1-19-13-15-27-25(17-19)31(23-11-7-9-21(3)29(23)32(27)5)24-12-8-10-22(4)30(24)33(6)28-16-14-20(2)18-26(28)31/h3*7-18H,1-6H3. The monoisotopic (exact) mass is 1290 g/mol. The maximum Gasteiger partial charge on any atom is 0.0787 e. The zero-order valence-electron chi connectivity index (χ0n) is 61.0. The van der Waals surface area contributed by atoms with Crippen LogP contribution in [0.3, 0.4) is 0 Å². The molecule has 0 bridgehead atoms. The van der Waals surface area contributed by atoms with E-state index >= 15 is 0 Å². The summed E-state index contributed by atoms with van der Waals surface area (Å²) in [5.41, 5.74) is 46.5. The Hall–Kier alpha value is -10.6. The summed E-state index contributed by atoms with van der Waals surface area (Å²) in [7, 11) is 13.3. The van der Waals surface area contributed by atoms with Gasteiger partial charge in [0.05, 0.1) is 16.2 Å². The molecule has 0 aliphatic carbocycles. The molecule has 0 fully saturated rings. The predicted octanol–water partition coefficient (Wildman–Crippen LogP) is 22.4. The summed E-state index contributed by atoms with van der Waals surface area (Å²) in [5, 5.41) is 0. The van der Waals surface area contributed by atoms with Crippen LogP contribution in [0.4, 0.5) is 68.2 Å². The van der Waals surface area contributed by atoms with Crippen molar-refractivity contribution >= 4 is 68.2 Å². The highest BCUT2D eigenvalue weighted by Crippen LogP contribution is 2.66. The van der Waals surface area contributed by atoms with Gasteiger partial charge in [0.2, 0.25) is 0 Å². The first-order valence-corrected chi connectivity index (χ1v) is 35.2. The molecule has 0 saturated heterocycles. The van der Waals surface area contributed by atoms with Crippen molar-refractivity contribution in [3.63, 3.8) is 0 Å². The van der Waals surface area contributed by atoms with Gasteiger partial charge in [0, 0.05) is 111 Å². The molecule has 12 aromatic carbocycles. The van der Waals surface area contributed by atoms with Crippen molar-refractivity contribution in [2.24, 2.45) is 0 Å². The van der Waals surface area contributed by atoms with Crippen LogP contribution in [0.5, 0.6) is 0 Å². The minimum atomic E-state index is -0.372. The number of benzene rings is 12. The fourth-order valence-electron chi connectivity index (χ4n) is 18.9. The summed E-state index contributed by atoms with van der Waals surface area (Å²) in [6.45, 7) is 26.7. The predicted molar refractivity (Wildman–Crippen MR) is 419 cm³/mol. The summed E-state index contributed by atoms with van der Waals surface area (Å²) in [5.74, 6) is 0. The lowest BCUT2D eigenvalue weighted by molar-refractivity contribution is 0.699. The van der Waals surface area contributed by atoms with E-state index in [0.29, 0.717) is 0 Å². The summed E-state index contributed by atoms with van der Waals surface area (Å²) >= 11 is 0. The minimum absolute atomic E-state index is 0.371. The normalized spacial score (nSPS) is 15.1. The molecule has 6 aliphatic heterocycles. The molecule has 6 nitrogen and oxygen atoms in total. The molecule has 18 rings (SSSR count). The molecular weight excluding hydrogens is 1200 g/mol. The Bertz CT molecular complexity index is 4900. The average molecular weight is 1290 g/mol. The molecule has 0 N–H and O–H groups in total. The molecular formula is C93H90N6. The number of para-hydroxylation sites is 2. The molecule has 3 spiro atoms. The highest BCUT2D eigenvalue weighted by atomic mass is 15.2. The first-order valence-electron chi connectivity index (χ1n) is 35.2. The van der Waals surface area contributed by atoms with Gasteiger partial charge in [0.25, 0.3) is 0 Å². The van der Waals surface area contributed by atoms with Crippen LogP contribution >= 0.6 is 0 Å².